The van der Waals surface area contributed by atoms with Crippen LogP contribution in [0.4, 0.5) is 8.78 Å². The molecule has 9 heteroatoms. The maximum absolute atomic E-state index is 12.5. The molecule has 2 N–H and O–H groups in total. The molecular formula is C19H28F2IN5O. The fraction of sp³-hybridized carbons (Fsp3) is 0.474. The number of hydrogen-bond acceptors (Lipinski definition) is 3. The summed E-state index contributed by atoms with van der Waals surface area (Å²) in [5.74, 6) is 2.16. The van der Waals surface area contributed by atoms with Gasteiger partial charge in [0.2, 0.25) is 0 Å². The lowest BCUT2D eigenvalue weighted by molar-refractivity contribution is -0.0504. The summed E-state index contributed by atoms with van der Waals surface area (Å²) in [6.07, 6.45) is 3.74. The number of hydrogen-bond donors (Lipinski definition) is 2. The number of guanidine groups is 1. The largest absolute Gasteiger partial charge is 0.434 e. The van der Waals surface area contributed by atoms with Gasteiger partial charge in [-0.25, -0.2) is 9.98 Å². The van der Waals surface area contributed by atoms with Gasteiger partial charge in [0.1, 0.15) is 11.6 Å². The Kier molecular flexibility index (Phi) is 10.8. The SMILES string of the molecule is CCNC(=NCc1ccccc1OC(F)F)NCc1nccn1CC(C)C.I. The first kappa shape index (κ1) is 24.1. The lowest BCUT2D eigenvalue weighted by Crippen LogP contribution is -2.37. The number of halogens is 3. The highest BCUT2D eigenvalue weighted by atomic mass is 127. The molecule has 0 aliphatic rings. The Morgan fingerprint density at radius 2 is 2.00 bits per heavy atom. The van der Waals surface area contributed by atoms with E-state index in [1.54, 1.807) is 24.4 Å². The molecule has 0 bridgehead atoms. The van der Waals surface area contributed by atoms with Crippen LogP contribution in [-0.4, -0.2) is 28.7 Å². The first-order valence-electron chi connectivity index (χ1n) is 9.04. The first-order valence-corrected chi connectivity index (χ1v) is 9.04. The van der Waals surface area contributed by atoms with Crippen LogP contribution in [0.15, 0.2) is 41.7 Å². The molecule has 0 aliphatic heterocycles. The van der Waals surface area contributed by atoms with Gasteiger partial charge in [-0.2, -0.15) is 8.78 Å². The van der Waals surface area contributed by atoms with Crippen LogP contribution >= 0.6 is 24.0 Å². The zero-order valence-electron chi connectivity index (χ0n) is 16.4. The summed E-state index contributed by atoms with van der Waals surface area (Å²) < 4.78 is 31.7. The van der Waals surface area contributed by atoms with E-state index in [2.05, 4.69) is 43.8 Å². The van der Waals surface area contributed by atoms with Crippen molar-refractivity contribution in [3.8, 4) is 5.75 Å². The van der Waals surface area contributed by atoms with Crippen LogP contribution in [0.25, 0.3) is 0 Å². The van der Waals surface area contributed by atoms with Gasteiger partial charge in [0, 0.05) is 31.0 Å². The molecule has 0 radical (unpaired) electrons. The first-order chi connectivity index (χ1) is 13.0. The summed E-state index contributed by atoms with van der Waals surface area (Å²) in [5, 5.41) is 6.38. The minimum absolute atomic E-state index is 0. The van der Waals surface area contributed by atoms with Crippen molar-refractivity contribution >= 4 is 29.9 Å². The summed E-state index contributed by atoms with van der Waals surface area (Å²) in [4.78, 5) is 8.85. The molecule has 6 nitrogen and oxygen atoms in total. The predicted octanol–water partition coefficient (Wildman–Crippen LogP) is 4.01. The molecule has 0 atom stereocenters. The number of rotatable bonds is 9. The summed E-state index contributed by atoms with van der Waals surface area (Å²) in [7, 11) is 0. The Morgan fingerprint density at radius 3 is 2.68 bits per heavy atom. The molecule has 156 valence electrons. The summed E-state index contributed by atoms with van der Waals surface area (Å²) in [6, 6.07) is 6.66. The van der Waals surface area contributed by atoms with Crippen LogP contribution in [0.2, 0.25) is 0 Å². The highest BCUT2D eigenvalue weighted by molar-refractivity contribution is 14.0. The predicted molar refractivity (Wildman–Crippen MR) is 117 cm³/mol. The molecule has 0 saturated heterocycles. The van der Waals surface area contributed by atoms with Gasteiger partial charge in [0.05, 0.1) is 13.1 Å². The smallest absolute Gasteiger partial charge is 0.387 e. The van der Waals surface area contributed by atoms with Crippen molar-refractivity contribution in [3.63, 3.8) is 0 Å². The summed E-state index contributed by atoms with van der Waals surface area (Å²) >= 11 is 0. The molecule has 0 spiro atoms. The van der Waals surface area contributed by atoms with E-state index in [0.29, 0.717) is 30.5 Å². The van der Waals surface area contributed by atoms with E-state index >= 15 is 0 Å². The van der Waals surface area contributed by atoms with E-state index in [0.717, 1.165) is 12.4 Å². The fourth-order valence-electron chi connectivity index (χ4n) is 2.58. The molecule has 2 aromatic rings. The third-order valence-electron chi connectivity index (χ3n) is 3.72. The van der Waals surface area contributed by atoms with Crippen molar-refractivity contribution in [3.05, 3.63) is 48.0 Å². The molecule has 0 unspecified atom stereocenters. The third-order valence-corrected chi connectivity index (χ3v) is 3.72. The molecule has 0 aliphatic carbocycles. The number of benzene rings is 1. The van der Waals surface area contributed by atoms with Gasteiger partial charge >= 0.3 is 6.61 Å². The van der Waals surface area contributed by atoms with Crippen LogP contribution in [0.3, 0.4) is 0 Å². The van der Waals surface area contributed by atoms with Gasteiger partial charge in [-0.3, -0.25) is 0 Å². The van der Waals surface area contributed by atoms with Crippen molar-refractivity contribution < 1.29 is 13.5 Å². The van der Waals surface area contributed by atoms with Crippen molar-refractivity contribution in [1.29, 1.82) is 0 Å². The fourth-order valence-corrected chi connectivity index (χ4v) is 2.58. The van der Waals surface area contributed by atoms with Crippen LogP contribution in [0, 0.1) is 5.92 Å². The maximum atomic E-state index is 12.5. The number of para-hydroxylation sites is 1. The Hall–Kier alpha value is -1.91. The minimum atomic E-state index is -2.86. The average Bonchev–Trinajstić information content (AvgIpc) is 3.04. The van der Waals surface area contributed by atoms with Crippen molar-refractivity contribution in [2.45, 2.75) is 47.0 Å². The van der Waals surface area contributed by atoms with Crippen molar-refractivity contribution in [2.75, 3.05) is 6.54 Å². The summed E-state index contributed by atoms with van der Waals surface area (Å²) in [6.45, 7) is 5.72. The van der Waals surface area contributed by atoms with Crippen LogP contribution in [0.1, 0.15) is 32.2 Å². The monoisotopic (exact) mass is 507 g/mol. The zero-order chi connectivity index (χ0) is 19.6. The summed E-state index contributed by atoms with van der Waals surface area (Å²) in [5.41, 5.74) is 0.594. The Morgan fingerprint density at radius 1 is 1.25 bits per heavy atom. The van der Waals surface area contributed by atoms with E-state index in [1.807, 2.05) is 13.1 Å². The van der Waals surface area contributed by atoms with Crippen LogP contribution < -0.4 is 15.4 Å². The molecule has 0 saturated carbocycles. The van der Waals surface area contributed by atoms with E-state index in [-0.39, 0.29) is 36.3 Å². The molecule has 0 amide bonds. The Bertz CT molecular complexity index is 737. The second-order valence-corrected chi connectivity index (χ2v) is 6.42. The molecular weight excluding hydrogens is 479 g/mol. The highest BCUT2D eigenvalue weighted by Crippen LogP contribution is 2.20. The minimum Gasteiger partial charge on any atom is -0.434 e. The number of aliphatic imine (C=N–C) groups is 1. The molecule has 1 heterocycles. The van der Waals surface area contributed by atoms with Crippen LogP contribution in [0.5, 0.6) is 5.75 Å². The lowest BCUT2D eigenvalue weighted by atomic mass is 10.2. The van der Waals surface area contributed by atoms with Crippen molar-refractivity contribution in [1.82, 2.24) is 20.2 Å². The quantitative estimate of drug-likeness (QED) is 0.306. The number of nitrogens with zero attached hydrogens (tertiary/aromatic N) is 3. The average molecular weight is 507 g/mol. The Labute approximate surface area is 181 Å². The Balaban J connectivity index is 0.00000392. The van der Waals surface area contributed by atoms with Crippen molar-refractivity contribution in [2.24, 2.45) is 10.9 Å². The van der Waals surface area contributed by atoms with Gasteiger partial charge in [0.15, 0.2) is 5.96 Å². The van der Waals surface area contributed by atoms with E-state index < -0.39 is 6.61 Å². The molecule has 0 fully saturated rings. The van der Waals surface area contributed by atoms with E-state index in [1.165, 1.54) is 6.07 Å². The van der Waals surface area contributed by atoms with Gasteiger partial charge in [-0.05, 0) is 18.9 Å². The van der Waals surface area contributed by atoms with Crippen LogP contribution in [-0.2, 0) is 19.6 Å². The lowest BCUT2D eigenvalue weighted by Gasteiger charge is -2.14. The number of alkyl halides is 2. The maximum Gasteiger partial charge on any atom is 0.387 e. The standard InChI is InChI=1S/C19H27F2N5O.HI/c1-4-22-19(25-12-17-23-9-10-26(17)13-14(2)3)24-11-15-7-5-6-8-16(15)27-18(20)21;/h5-10,14,18H,4,11-13H2,1-3H3,(H2,22,24,25);1H. The van der Waals surface area contributed by atoms with Gasteiger partial charge in [-0.15, -0.1) is 24.0 Å². The molecule has 1 aromatic carbocycles. The third kappa shape index (κ3) is 7.99. The normalized spacial score (nSPS) is 11.5. The molecule has 2 rings (SSSR count). The highest BCUT2D eigenvalue weighted by Gasteiger charge is 2.10. The van der Waals surface area contributed by atoms with Gasteiger partial charge in [-0.1, -0.05) is 32.0 Å². The van der Waals surface area contributed by atoms with Gasteiger partial charge < -0.3 is 19.9 Å². The topological polar surface area (TPSA) is 63.5 Å². The van der Waals surface area contributed by atoms with Gasteiger partial charge in [0.25, 0.3) is 0 Å². The second-order valence-electron chi connectivity index (χ2n) is 6.42. The second kappa shape index (κ2) is 12.5. The van der Waals surface area contributed by atoms with E-state index in [4.69, 9.17) is 0 Å². The molecule has 1 aromatic heterocycles. The zero-order valence-corrected chi connectivity index (χ0v) is 18.7. The van der Waals surface area contributed by atoms with E-state index in [9.17, 15) is 8.78 Å². The number of aromatic nitrogens is 2. The molecule has 28 heavy (non-hydrogen) atoms. The number of imidazole rings is 1. The number of ether oxygens (including phenoxy) is 1. The number of nitrogens with one attached hydrogen (secondary N) is 2.